The average Bonchev–Trinajstić information content (AvgIpc) is 2.65. The van der Waals surface area contributed by atoms with E-state index in [1.165, 1.54) is 12.1 Å². The molecule has 4 nitrogen and oxygen atoms in total. The third-order valence-electron chi connectivity index (χ3n) is 3.81. The molecule has 3 rings (SSSR count). The van der Waals surface area contributed by atoms with Crippen molar-refractivity contribution in [3.63, 3.8) is 0 Å². The molecule has 0 saturated carbocycles. The Morgan fingerprint density at radius 1 is 1.00 bits per heavy atom. The van der Waals surface area contributed by atoms with E-state index in [1.807, 2.05) is 42.5 Å². The fourth-order valence-corrected chi connectivity index (χ4v) is 2.42. The SMILES string of the molecule is C/C(=N\NC(=O)CNc1ccc2ccccc2c1)c1ccc(F)cc1. The highest BCUT2D eigenvalue weighted by Gasteiger charge is 2.03. The molecule has 3 aromatic rings. The number of hydrogen-bond donors (Lipinski definition) is 2. The van der Waals surface area contributed by atoms with Crippen LogP contribution >= 0.6 is 0 Å². The number of benzene rings is 3. The molecule has 1 amide bonds. The van der Waals surface area contributed by atoms with Gasteiger partial charge in [-0.15, -0.1) is 0 Å². The van der Waals surface area contributed by atoms with Crippen molar-refractivity contribution >= 4 is 28.1 Å². The van der Waals surface area contributed by atoms with Crippen LogP contribution in [0.3, 0.4) is 0 Å². The molecule has 0 atom stereocenters. The zero-order chi connectivity index (χ0) is 17.6. The number of halogens is 1. The quantitative estimate of drug-likeness (QED) is 0.548. The molecule has 2 N–H and O–H groups in total. The number of carbonyl (C=O) groups excluding carboxylic acids is 1. The van der Waals surface area contributed by atoms with Gasteiger partial charge in [-0.3, -0.25) is 4.79 Å². The van der Waals surface area contributed by atoms with Gasteiger partial charge in [0.25, 0.3) is 5.91 Å². The van der Waals surface area contributed by atoms with Crippen molar-refractivity contribution in [2.75, 3.05) is 11.9 Å². The van der Waals surface area contributed by atoms with E-state index in [-0.39, 0.29) is 18.3 Å². The van der Waals surface area contributed by atoms with E-state index in [1.54, 1.807) is 19.1 Å². The molecule has 126 valence electrons. The van der Waals surface area contributed by atoms with Gasteiger partial charge in [0.05, 0.1) is 12.3 Å². The molecule has 0 aliphatic rings. The standard InChI is InChI=1S/C20H18FN3O/c1-14(15-6-9-18(21)10-7-15)23-24-20(25)13-22-19-11-8-16-4-2-3-5-17(16)12-19/h2-12,22H,13H2,1H3,(H,24,25)/b23-14+. The van der Waals surface area contributed by atoms with Crippen LogP contribution in [-0.4, -0.2) is 18.2 Å². The minimum Gasteiger partial charge on any atom is -0.376 e. The normalized spacial score (nSPS) is 11.4. The average molecular weight is 335 g/mol. The van der Waals surface area contributed by atoms with Crippen molar-refractivity contribution in [3.05, 3.63) is 78.1 Å². The summed E-state index contributed by atoms with van der Waals surface area (Å²) >= 11 is 0. The van der Waals surface area contributed by atoms with E-state index in [4.69, 9.17) is 0 Å². The Balaban J connectivity index is 1.56. The summed E-state index contributed by atoms with van der Waals surface area (Å²) in [7, 11) is 0. The lowest BCUT2D eigenvalue weighted by molar-refractivity contribution is -0.119. The van der Waals surface area contributed by atoms with Crippen LogP contribution in [0, 0.1) is 5.82 Å². The van der Waals surface area contributed by atoms with E-state index in [0.29, 0.717) is 5.71 Å². The van der Waals surface area contributed by atoms with E-state index in [9.17, 15) is 9.18 Å². The zero-order valence-electron chi connectivity index (χ0n) is 13.8. The Hall–Kier alpha value is -3.21. The molecular formula is C20H18FN3O. The molecule has 0 heterocycles. The van der Waals surface area contributed by atoms with Crippen LogP contribution in [-0.2, 0) is 4.79 Å². The first kappa shape index (κ1) is 16.6. The fraction of sp³-hybridized carbons (Fsp3) is 0.100. The Bertz CT molecular complexity index is 920. The van der Waals surface area contributed by atoms with Gasteiger partial charge in [-0.1, -0.05) is 42.5 Å². The molecule has 25 heavy (non-hydrogen) atoms. The number of fused-ring (bicyclic) bond motifs is 1. The van der Waals surface area contributed by atoms with Crippen molar-refractivity contribution < 1.29 is 9.18 Å². The van der Waals surface area contributed by atoms with Gasteiger partial charge in [0.2, 0.25) is 0 Å². The molecule has 0 aliphatic heterocycles. The van der Waals surface area contributed by atoms with Gasteiger partial charge in [-0.2, -0.15) is 5.10 Å². The smallest absolute Gasteiger partial charge is 0.259 e. The number of rotatable bonds is 5. The molecule has 0 bridgehead atoms. The van der Waals surface area contributed by atoms with Crippen molar-refractivity contribution in [3.8, 4) is 0 Å². The summed E-state index contributed by atoms with van der Waals surface area (Å²) in [6.07, 6.45) is 0. The van der Waals surface area contributed by atoms with Crippen LogP contribution in [0.4, 0.5) is 10.1 Å². The van der Waals surface area contributed by atoms with Gasteiger partial charge in [-0.25, -0.2) is 9.82 Å². The summed E-state index contributed by atoms with van der Waals surface area (Å²) in [5.74, 6) is -0.560. The predicted molar refractivity (Wildman–Crippen MR) is 99.2 cm³/mol. The number of anilines is 1. The van der Waals surface area contributed by atoms with Gasteiger partial charge < -0.3 is 5.32 Å². The van der Waals surface area contributed by atoms with E-state index in [0.717, 1.165) is 22.0 Å². The van der Waals surface area contributed by atoms with Gasteiger partial charge >= 0.3 is 0 Å². The number of carbonyl (C=O) groups is 1. The van der Waals surface area contributed by atoms with Crippen LogP contribution in [0.5, 0.6) is 0 Å². The first-order chi connectivity index (χ1) is 12.1. The summed E-state index contributed by atoms with van der Waals surface area (Å²) in [5, 5.41) is 9.38. The zero-order valence-corrected chi connectivity index (χ0v) is 13.8. The lowest BCUT2D eigenvalue weighted by Gasteiger charge is -2.07. The van der Waals surface area contributed by atoms with Crippen LogP contribution in [0.25, 0.3) is 10.8 Å². The highest BCUT2D eigenvalue weighted by Crippen LogP contribution is 2.18. The summed E-state index contributed by atoms with van der Waals surface area (Å²) in [6.45, 7) is 1.86. The van der Waals surface area contributed by atoms with Gasteiger partial charge in [0.15, 0.2) is 0 Å². The van der Waals surface area contributed by atoms with Crippen LogP contribution < -0.4 is 10.7 Å². The van der Waals surface area contributed by atoms with E-state index in [2.05, 4.69) is 15.8 Å². The summed E-state index contributed by atoms with van der Waals surface area (Å²) in [4.78, 5) is 11.9. The lowest BCUT2D eigenvalue weighted by atomic mass is 10.1. The molecular weight excluding hydrogens is 317 g/mol. The van der Waals surface area contributed by atoms with Crippen LogP contribution in [0.2, 0.25) is 0 Å². The second-order valence-electron chi connectivity index (χ2n) is 5.65. The van der Waals surface area contributed by atoms with Gasteiger partial charge in [0.1, 0.15) is 5.82 Å². The Morgan fingerprint density at radius 3 is 2.48 bits per heavy atom. The summed E-state index contributed by atoms with van der Waals surface area (Å²) in [5.41, 5.74) is 4.73. The fourth-order valence-electron chi connectivity index (χ4n) is 2.42. The van der Waals surface area contributed by atoms with Crippen LogP contribution in [0.1, 0.15) is 12.5 Å². The molecule has 5 heteroatoms. The molecule has 0 fully saturated rings. The Kier molecular flexibility index (Phi) is 5.04. The third-order valence-corrected chi connectivity index (χ3v) is 3.81. The molecule has 0 radical (unpaired) electrons. The number of hydrazone groups is 1. The Labute approximate surface area is 145 Å². The highest BCUT2D eigenvalue weighted by atomic mass is 19.1. The second-order valence-corrected chi connectivity index (χ2v) is 5.65. The number of amides is 1. The topological polar surface area (TPSA) is 53.5 Å². The molecule has 0 saturated heterocycles. The maximum absolute atomic E-state index is 12.9. The monoisotopic (exact) mass is 335 g/mol. The third kappa shape index (κ3) is 4.41. The summed E-state index contributed by atoms with van der Waals surface area (Å²) < 4.78 is 12.9. The molecule has 3 aromatic carbocycles. The molecule has 0 aliphatic carbocycles. The molecule has 0 spiro atoms. The Morgan fingerprint density at radius 2 is 1.72 bits per heavy atom. The maximum atomic E-state index is 12.9. The van der Waals surface area contributed by atoms with Crippen LogP contribution in [0.15, 0.2) is 71.8 Å². The first-order valence-electron chi connectivity index (χ1n) is 7.93. The minimum absolute atomic E-state index is 0.110. The first-order valence-corrected chi connectivity index (χ1v) is 7.93. The molecule has 0 unspecified atom stereocenters. The van der Waals surface area contributed by atoms with Crippen molar-refractivity contribution in [1.29, 1.82) is 0 Å². The van der Waals surface area contributed by atoms with Crippen molar-refractivity contribution in [2.45, 2.75) is 6.92 Å². The van der Waals surface area contributed by atoms with Gasteiger partial charge in [0, 0.05) is 5.69 Å². The largest absolute Gasteiger partial charge is 0.376 e. The predicted octanol–water partition coefficient (Wildman–Crippen LogP) is 3.93. The number of hydrogen-bond acceptors (Lipinski definition) is 3. The second kappa shape index (κ2) is 7.57. The summed E-state index contributed by atoms with van der Waals surface area (Å²) in [6, 6.07) is 19.9. The van der Waals surface area contributed by atoms with Gasteiger partial charge in [-0.05, 0) is 47.5 Å². The van der Waals surface area contributed by atoms with E-state index < -0.39 is 0 Å². The number of nitrogens with zero attached hydrogens (tertiary/aromatic N) is 1. The highest BCUT2D eigenvalue weighted by molar-refractivity contribution is 5.99. The van der Waals surface area contributed by atoms with E-state index >= 15 is 0 Å². The number of nitrogens with one attached hydrogen (secondary N) is 2. The minimum atomic E-state index is -0.305. The van der Waals surface area contributed by atoms with Crippen molar-refractivity contribution in [1.82, 2.24) is 5.43 Å². The van der Waals surface area contributed by atoms with Crippen molar-refractivity contribution in [2.24, 2.45) is 5.10 Å². The lowest BCUT2D eigenvalue weighted by Crippen LogP contribution is -2.26. The molecule has 0 aromatic heterocycles. The maximum Gasteiger partial charge on any atom is 0.259 e.